The summed E-state index contributed by atoms with van der Waals surface area (Å²) in [5.41, 5.74) is 1.78. The first-order chi connectivity index (χ1) is 13.1. The molecule has 0 amide bonds. The van der Waals surface area contributed by atoms with Gasteiger partial charge in [0.15, 0.2) is 5.11 Å². The topological polar surface area (TPSA) is 41.6 Å². The molecule has 0 saturated carbocycles. The number of benzene rings is 1. The summed E-state index contributed by atoms with van der Waals surface area (Å²) in [5.74, 6) is -0.301. The Morgan fingerprint density at radius 3 is 2.81 bits per heavy atom. The maximum atomic E-state index is 12.4. The largest absolute Gasteiger partial charge is 0.462 e. The number of ether oxygens (including phenoxy) is 1. The second kappa shape index (κ2) is 9.33. The van der Waals surface area contributed by atoms with Crippen LogP contribution in [-0.2, 0) is 11.2 Å². The van der Waals surface area contributed by atoms with Crippen LogP contribution in [0.15, 0.2) is 36.4 Å². The number of hydrogen-bond acceptors (Lipinski definition) is 4. The number of anilines is 1. The lowest BCUT2D eigenvalue weighted by atomic mass is 10.0. The maximum Gasteiger partial charge on any atom is 0.341 e. The van der Waals surface area contributed by atoms with Crippen molar-refractivity contribution in [3.63, 3.8) is 0 Å². The van der Waals surface area contributed by atoms with Crippen LogP contribution in [0.3, 0.4) is 0 Å². The molecule has 1 aliphatic rings. The average molecular weight is 403 g/mol. The van der Waals surface area contributed by atoms with Crippen molar-refractivity contribution in [3.05, 3.63) is 52.4 Å². The van der Waals surface area contributed by atoms with E-state index in [1.165, 1.54) is 12.0 Å². The highest BCUT2D eigenvalue weighted by Crippen LogP contribution is 2.31. The van der Waals surface area contributed by atoms with E-state index < -0.39 is 0 Å². The Labute approximate surface area is 170 Å². The number of carbonyl (C=O) groups is 1. The Balaban J connectivity index is 1.81. The minimum atomic E-state index is -0.301. The maximum absolute atomic E-state index is 12.4. The molecule has 1 fully saturated rings. The SMILES string of the molecule is CCOC(=O)c1cc(Cc2ccccc2)sc1NC(=S)N1CCCCC1C. The lowest BCUT2D eigenvalue weighted by molar-refractivity contribution is 0.0528. The highest BCUT2D eigenvalue weighted by Gasteiger charge is 2.24. The second-order valence-corrected chi connectivity index (χ2v) is 8.33. The van der Waals surface area contributed by atoms with Crippen molar-refractivity contribution in [2.24, 2.45) is 0 Å². The van der Waals surface area contributed by atoms with Crippen LogP contribution >= 0.6 is 23.6 Å². The molecule has 144 valence electrons. The summed E-state index contributed by atoms with van der Waals surface area (Å²) in [6.07, 6.45) is 4.33. The van der Waals surface area contributed by atoms with Crippen molar-refractivity contribution in [2.75, 3.05) is 18.5 Å². The van der Waals surface area contributed by atoms with Gasteiger partial charge in [0.25, 0.3) is 0 Å². The van der Waals surface area contributed by atoms with Gasteiger partial charge in [-0.15, -0.1) is 11.3 Å². The van der Waals surface area contributed by atoms with Crippen molar-refractivity contribution < 1.29 is 9.53 Å². The molecule has 2 heterocycles. The lowest BCUT2D eigenvalue weighted by Crippen LogP contribution is -2.44. The van der Waals surface area contributed by atoms with Gasteiger partial charge in [0.05, 0.1) is 12.2 Å². The number of piperidine rings is 1. The van der Waals surface area contributed by atoms with Crippen LogP contribution < -0.4 is 5.32 Å². The third-order valence-corrected chi connectivity index (χ3v) is 6.17. The Morgan fingerprint density at radius 1 is 1.33 bits per heavy atom. The van der Waals surface area contributed by atoms with Gasteiger partial charge in [-0.2, -0.15) is 0 Å². The van der Waals surface area contributed by atoms with E-state index >= 15 is 0 Å². The summed E-state index contributed by atoms with van der Waals surface area (Å²) in [7, 11) is 0. The molecule has 1 aromatic heterocycles. The van der Waals surface area contributed by atoms with Gasteiger partial charge in [0.1, 0.15) is 5.00 Å². The predicted molar refractivity (Wildman–Crippen MR) is 116 cm³/mol. The van der Waals surface area contributed by atoms with Gasteiger partial charge < -0.3 is 15.0 Å². The van der Waals surface area contributed by atoms with E-state index in [0.717, 1.165) is 35.7 Å². The number of rotatable bonds is 5. The third-order valence-electron chi connectivity index (χ3n) is 4.78. The molecule has 1 atom stereocenters. The fourth-order valence-corrected chi connectivity index (χ4v) is 4.86. The monoisotopic (exact) mass is 402 g/mol. The normalized spacial score (nSPS) is 16.8. The fourth-order valence-electron chi connectivity index (χ4n) is 3.35. The number of carbonyl (C=O) groups excluding carboxylic acids is 1. The van der Waals surface area contributed by atoms with Crippen LogP contribution in [0.2, 0.25) is 0 Å². The molecular formula is C21H26N2O2S2. The standard InChI is InChI=1S/C21H26N2O2S2/c1-3-25-20(24)18-14-17(13-16-10-5-4-6-11-16)27-19(18)22-21(26)23-12-8-7-9-15(23)2/h4-6,10-11,14-15H,3,7-9,12-13H2,1-2H3,(H,22,26). The molecule has 0 aliphatic carbocycles. The summed E-state index contributed by atoms with van der Waals surface area (Å²) < 4.78 is 5.25. The fraction of sp³-hybridized carbons (Fsp3) is 0.429. The summed E-state index contributed by atoms with van der Waals surface area (Å²) in [5, 5.41) is 4.81. The highest BCUT2D eigenvalue weighted by molar-refractivity contribution is 7.80. The van der Waals surface area contributed by atoms with E-state index in [0.29, 0.717) is 23.3 Å². The van der Waals surface area contributed by atoms with Crippen LogP contribution in [0.5, 0.6) is 0 Å². The zero-order valence-electron chi connectivity index (χ0n) is 15.9. The zero-order valence-corrected chi connectivity index (χ0v) is 17.5. The molecule has 1 aromatic carbocycles. The zero-order chi connectivity index (χ0) is 19.2. The van der Waals surface area contributed by atoms with Gasteiger partial charge in [0, 0.05) is 23.9 Å². The Kier molecular flexibility index (Phi) is 6.85. The molecule has 3 rings (SSSR count). The summed E-state index contributed by atoms with van der Waals surface area (Å²) in [6.45, 7) is 5.34. The summed E-state index contributed by atoms with van der Waals surface area (Å²) >= 11 is 7.23. The van der Waals surface area contributed by atoms with Crippen molar-refractivity contribution in [3.8, 4) is 0 Å². The molecule has 0 spiro atoms. The van der Waals surface area contributed by atoms with E-state index in [1.54, 1.807) is 11.3 Å². The molecule has 0 bridgehead atoms. The van der Waals surface area contributed by atoms with E-state index in [-0.39, 0.29) is 5.97 Å². The number of esters is 1. The number of thiocarbonyl (C=S) groups is 1. The molecule has 1 N–H and O–H groups in total. The van der Waals surface area contributed by atoms with Crippen LogP contribution in [0.4, 0.5) is 5.00 Å². The number of hydrogen-bond donors (Lipinski definition) is 1. The van der Waals surface area contributed by atoms with Gasteiger partial charge in [-0.05, 0) is 57.0 Å². The molecule has 0 radical (unpaired) electrons. The Bertz CT molecular complexity index is 789. The molecule has 1 unspecified atom stereocenters. The van der Waals surface area contributed by atoms with Crippen molar-refractivity contribution in [1.29, 1.82) is 0 Å². The number of likely N-dealkylation sites (tertiary alicyclic amines) is 1. The molecule has 6 heteroatoms. The van der Waals surface area contributed by atoms with Gasteiger partial charge in [-0.1, -0.05) is 30.3 Å². The first kappa shape index (κ1) is 19.8. The van der Waals surface area contributed by atoms with Crippen molar-refractivity contribution >= 4 is 39.6 Å². The number of thiophene rings is 1. The van der Waals surface area contributed by atoms with Crippen LogP contribution in [-0.4, -0.2) is 35.2 Å². The first-order valence-corrected chi connectivity index (χ1v) is 10.7. The quantitative estimate of drug-likeness (QED) is 0.557. The van der Waals surface area contributed by atoms with Crippen molar-refractivity contribution in [1.82, 2.24) is 4.90 Å². The molecule has 27 heavy (non-hydrogen) atoms. The van der Waals surface area contributed by atoms with Gasteiger partial charge in [0.2, 0.25) is 0 Å². The first-order valence-electron chi connectivity index (χ1n) is 9.50. The van der Waals surface area contributed by atoms with Crippen LogP contribution in [0.25, 0.3) is 0 Å². The van der Waals surface area contributed by atoms with Gasteiger partial charge >= 0.3 is 5.97 Å². The number of nitrogens with zero attached hydrogens (tertiary/aromatic N) is 1. The summed E-state index contributed by atoms with van der Waals surface area (Å²) in [4.78, 5) is 15.8. The number of nitrogens with one attached hydrogen (secondary N) is 1. The second-order valence-electron chi connectivity index (χ2n) is 6.81. The van der Waals surface area contributed by atoms with E-state index in [1.807, 2.05) is 31.2 Å². The predicted octanol–water partition coefficient (Wildman–Crippen LogP) is 5.09. The highest BCUT2D eigenvalue weighted by atomic mass is 32.1. The molecule has 1 aliphatic heterocycles. The average Bonchev–Trinajstić information content (AvgIpc) is 3.05. The molecule has 4 nitrogen and oxygen atoms in total. The Hall–Kier alpha value is -1.92. The smallest absolute Gasteiger partial charge is 0.341 e. The van der Waals surface area contributed by atoms with Crippen LogP contribution in [0, 0.1) is 0 Å². The van der Waals surface area contributed by atoms with E-state index in [2.05, 4.69) is 29.3 Å². The molecular weight excluding hydrogens is 376 g/mol. The summed E-state index contributed by atoms with van der Waals surface area (Å²) in [6, 6.07) is 12.6. The molecule has 2 aromatic rings. The minimum Gasteiger partial charge on any atom is -0.462 e. The van der Waals surface area contributed by atoms with Gasteiger partial charge in [-0.25, -0.2) is 4.79 Å². The third kappa shape index (κ3) is 5.08. The van der Waals surface area contributed by atoms with E-state index in [4.69, 9.17) is 17.0 Å². The van der Waals surface area contributed by atoms with Crippen LogP contribution in [0.1, 0.15) is 53.9 Å². The van der Waals surface area contributed by atoms with E-state index in [9.17, 15) is 4.79 Å². The molecule has 1 saturated heterocycles. The Morgan fingerprint density at radius 2 is 2.11 bits per heavy atom. The van der Waals surface area contributed by atoms with Gasteiger partial charge in [-0.3, -0.25) is 0 Å². The van der Waals surface area contributed by atoms with Crippen molar-refractivity contribution in [2.45, 2.75) is 45.6 Å². The minimum absolute atomic E-state index is 0.301. The lowest BCUT2D eigenvalue weighted by Gasteiger charge is -2.35.